The third-order valence-electron chi connectivity index (χ3n) is 2.73. The van der Waals surface area contributed by atoms with Gasteiger partial charge in [0, 0.05) is 47.0 Å². The van der Waals surface area contributed by atoms with Gasteiger partial charge in [-0.15, -0.1) is 24.0 Å². The lowest BCUT2D eigenvalue weighted by Crippen LogP contribution is -2.38. The quantitative estimate of drug-likeness (QED) is 0.335. The van der Waals surface area contributed by atoms with Gasteiger partial charge in [-0.1, -0.05) is 12.1 Å². The number of hydrogen-bond acceptors (Lipinski definition) is 3. The van der Waals surface area contributed by atoms with Crippen LogP contribution in [0.4, 0.5) is 5.69 Å². The second-order valence-corrected chi connectivity index (χ2v) is 4.41. The molecule has 0 unspecified atom stereocenters. The third-order valence-corrected chi connectivity index (χ3v) is 2.73. The first-order valence-corrected chi connectivity index (χ1v) is 6.37. The first kappa shape index (κ1) is 19.0. The standard InChI is InChI=1S/C14H24N4O.HI/c1-15-14(16-9-10-19-4)17-11-12-5-7-13(8-6-12)18(2)3;/h5-8H,9-11H2,1-4H3,(H2,15,16,17);1H. The molecular weight excluding hydrogens is 367 g/mol. The molecule has 6 heteroatoms. The second kappa shape index (κ2) is 10.7. The highest BCUT2D eigenvalue weighted by molar-refractivity contribution is 14.0. The van der Waals surface area contributed by atoms with Crippen molar-refractivity contribution in [3.63, 3.8) is 0 Å². The summed E-state index contributed by atoms with van der Waals surface area (Å²) in [6, 6.07) is 8.45. The Kier molecular flexibility index (Phi) is 10.2. The number of nitrogens with one attached hydrogen (secondary N) is 2. The highest BCUT2D eigenvalue weighted by Crippen LogP contribution is 2.11. The molecule has 0 radical (unpaired) electrons. The summed E-state index contributed by atoms with van der Waals surface area (Å²) in [4.78, 5) is 6.24. The molecule has 0 heterocycles. The van der Waals surface area contributed by atoms with Gasteiger partial charge in [0.1, 0.15) is 0 Å². The van der Waals surface area contributed by atoms with Crippen molar-refractivity contribution in [1.82, 2.24) is 10.6 Å². The molecule has 0 saturated heterocycles. The largest absolute Gasteiger partial charge is 0.383 e. The van der Waals surface area contributed by atoms with Crippen LogP contribution in [0.3, 0.4) is 0 Å². The molecule has 0 aromatic heterocycles. The number of nitrogens with zero attached hydrogens (tertiary/aromatic N) is 2. The van der Waals surface area contributed by atoms with Crippen molar-refractivity contribution in [2.45, 2.75) is 6.54 Å². The summed E-state index contributed by atoms with van der Waals surface area (Å²) in [5.74, 6) is 0.786. The fraction of sp³-hybridized carbons (Fsp3) is 0.500. The van der Waals surface area contributed by atoms with E-state index in [0.717, 1.165) is 19.0 Å². The van der Waals surface area contributed by atoms with Gasteiger partial charge in [-0.2, -0.15) is 0 Å². The first-order chi connectivity index (χ1) is 9.17. The lowest BCUT2D eigenvalue weighted by molar-refractivity contribution is 0.203. The Labute approximate surface area is 138 Å². The van der Waals surface area contributed by atoms with Crippen molar-refractivity contribution in [2.24, 2.45) is 4.99 Å². The van der Waals surface area contributed by atoms with Gasteiger partial charge in [0.2, 0.25) is 0 Å². The van der Waals surface area contributed by atoms with Crippen LogP contribution in [0.1, 0.15) is 5.56 Å². The minimum absolute atomic E-state index is 0. The van der Waals surface area contributed by atoms with E-state index in [-0.39, 0.29) is 24.0 Å². The van der Waals surface area contributed by atoms with E-state index in [9.17, 15) is 0 Å². The van der Waals surface area contributed by atoms with Gasteiger partial charge in [0.25, 0.3) is 0 Å². The van der Waals surface area contributed by atoms with E-state index in [1.807, 2.05) is 14.1 Å². The summed E-state index contributed by atoms with van der Waals surface area (Å²) < 4.78 is 4.99. The summed E-state index contributed by atoms with van der Waals surface area (Å²) in [7, 11) is 7.52. The van der Waals surface area contributed by atoms with Crippen LogP contribution in [0.2, 0.25) is 0 Å². The number of benzene rings is 1. The van der Waals surface area contributed by atoms with Gasteiger partial charge in [0.15, 0.2) is 5.96 Å². The minimum Gasteiger partial charge on any atom is -0.383 e. The SMILES string of the molecule is CN=C(NCCOC)NCc1ccc(N(C)C)cc1.I. The molecule has 114 valence electrons. The summed E-state index contributed by atoms with van der Waals surface area (Å²) >= 11 is 0. The van der Waals surface area contributed by atoms with Crippen molar-refractivity contribution >= 4 is 35.6 Å². The molecule has 0 amide bonds. The van der Waals surface area contributed by atoms with Crippen LogP contribution >= 0.6 is 24.0 Å². The molecule has 0 saturated carbocycles. The fourth-order valence-electron chi connectivity index (χ4n) is 1.59. The molecular formula is C14H25IN4O. The van der Waals surface area contributed by atoms with Gasteiger partial charge in [-0.3, -0.25) is 4.99 Å². The molecule has 0 aliphatic rings. The van der Waals surface area contributed by atoms with E-state index >= 15 is 0 Å². The minimum atomic E-state index is 0. The molecule has 0 aliphatic carbocycles. The van der Waals surface area contributed by atoms with Crippen molar-refractivity contribution in [1.29, 1.82) is 0 Å². The van der Waals surface area contributed by atoms with E-state index in [0.29, 0.717) is 6.61 Å². The molecule has 1 aromatic rings. The number of anilines is 1. The Morgan fingerprint density at radius 1 is 1.20 bits per heavy atom. The predicted molar refractivity (Wildman–Crippen MR) is 96.3 cm³/mol. The Morgan fingerprint density at radius 2 is 1.85 bits per heavy atom. The average Bonchev–Trinajstić information content (AvgIpc) is 2.43. The summed E-state index contributed by atoms with van der Waals surface area (Å²) in [5.41, 5.74) is 2.42. The number of rotatable bonds is 6. The van der Waals surface area contributed by atoms with Gasteiger partial charge < -0.3 is 20.3 Å². The molecule has 20 heavy (non-hydrogen) atoms. The van der Waals surface area contributed by atoms with E-state index < -0.39 is 0 Å². The van der Waals surface area contributed by atoms with Crippen LogP contribution in [0.5, 0.6) is 0 Å². The Balaban J connectivity index is 0.00000361. The van der Waals surface area contributed by atoms with Crippen LogP contribution < -0.4 is 15.5 Å². The molecule has 0 fully saturated rings. The molecule has 2 N–H and O–H groups in total. The zero-order valence-corrected chi connectivity index (χ0v) is 15.0. The molecule has 5 nitrogen and oxygen atoms in total. The predicted octanol–water partition coefficient (Wildman–Crippen LogP) is 1.68. The zero-order chi connectivity index (χ0) is 14.1. The van der Waals surface area contributed by atoms with E-state index in [2.05, 4.69) is 44.8 Å². The fourth-order valence-corrected chi connectivity index (χ4v) is 1.59. The maximum Gasteiger partial charge on any atom is 0.191 e. The lowest BCUT2D eigenvalue weighted by atomic mass is 10.2. The Hall–Kier alpha value is -1.02. The molecule has 1 aromatic carbocycles. The van der Waals surface area contributed by atoms with Gasteiger partial charge in [0.05, 0.1) is 6.61 Å². The number of hydrogen-bond donors (Lipinski definition) is 2. The number of methoxy groups -OCH3 is 1. The number of aliphatic imine (C=N–C) groups is 1. The van der Waals surface area contributed by atoms with Crippen molar-refractivity contribution < 1.29 is 4.74 Å². The summed E-state index contributed by atoms with van der Waals surface area (Å²) in [6.45, 7) is 2.16. The van der Waals surface area contributed by atoms with E-state index in [1.165, 1.54) is 11.3 Å². The Morgan fingerprint density at radius 3 is 2.35 bits per heavy atom. The molecule has 0 aliphatic heterocycles. The van der Waals surface area contributed by atoms with Gasteiger partial charge >= 0.3 is 0 Å². The van der Waals surface area contributed by atoms with E-state index in [1.54, 1.807) is 14.2 Å². The normalized spacial score (nSPS) is 10.7. The third kappa shape index (κ3) is 6.95. The highest BCUT2D eigenvalue weighted by Gasteiger charge is 1.99. The molecule has 0 spiro atoms. The second-order valence-electron chi connectivity index (χ2n) is 4.41. The van der Waals surface area contributed by atoms with Crippen LogP contribution in [-0.2, 0) is 11.3 Å². The highest BCUT2D eigenvalue weighted by atomic mass is 127. The maximum absolute atomic E-state index is 4.99. The summed E-state index contributed by atoms with van der Waals surface area (Å²) in [5, 5.41) is 6.44. The molecule has 0 bridgehead atoms. The number of ether oxygens (including phenoxy) is 1. The van der Waals surface area contributed by atoms with E-state index in [4.69, 9.17) is 4.74 Å². The van der Waals surface area contributed by atoms with Crippen molar-refractivity contribution in [3.05, 3.63) is 29.8 Å². The zero-order valence-electron chi connectivity index (χ0n) is 12.6. The van der Waals surface area contributed by atoms with Crippen molar-refractivity contribution in [3.8, 4) is 0 Å². The molecule has 0 atom stereocenters. The lowest BCUT2D eigenvalue weighted by Gasteiger charge is -2.14. The number of guanidine groups is 1. The summed E-state index contributed by atoms with van der Waals surface area (Å²) in [6.07, 6.45) is 0. The monoisotopic (exact) mass is 392 g/mol. The molecule has 1 rings (SSSR count). The van der Waals surface area contributed by atoms with Crippen LogP contribution in [0, 0.1) is 0 Å². The van der Waals surface area contributed by atoms with Crippen molar-refractivity contribution in [2.75, 3.05) is 46.3 Å². The maximum atomic E-state index is 4.99. The van der Waals surface area contributed by atoms with Gasteiger partial charge in [-0.05, 0) is 17.7 Å². The van der Waals surface area contributed by atoms with Crippen LogP contribution in [0.15, 0.2) is 29.3 Å². The van der Waals surface area contributed by atoms with Crippen LogP contribution in [0.25, 0.3) is 0 Å². The first-order valence-electron chi connectivity index (χ1n) is 6.37. The Bertz CT molecular complexity index is 393. The topological polar surface area (TPSA) is 48.9 Å². The smallest absolute Gasteiger partial charge is 0.191 e. The average molecular weight is 392 g/mol. The van der Waals surface area contributed by atoms with Crippen LogP contribution in [-0.4, -0.2) is 47.4 Å². The number of halogens is 1. The van der Waals surface area contributed by atoms with Gasteiger partial charge in [-0.25, -0.2) is 0 Å².